The van der Waals surface area contributed by atoms with Crippen molar-refractivity contribution in [1.29, 1.82) is 0 Å². The summed E-state index contributed by atoms with van der Waals surface area (Å²) < 4.78 is 29.9. The number of benzene rings is 1. The Kier molecular flexibility index (Phi) is 3.88. The Balaban J connectivity index is 2.81. The molecule has 0 saturated carbocycles. The van der Waals surface area contributed by atoms with Crippen LogP contribution in [0.3, 0.4) is 0 Å². The molecule has 0 aliphatic carbocycles. The second-order valence-corrected chi connectivity index (χ2v) is 5.23. The van der Waals surface area contributed by atoms with E-state index in [1.807, 2.05) is 12.1 Å². The van der Waals surface area contributed by atoms with Crippen molar-refractivity contribution in [3.05, 3.63) is 35.4 Å². The normalized spacial score (nSPS) is 13.8. The smallest absolute Gasteiger partial charge is 0.269 e. The van der Waals surface area contributed by atoms with Crippen molar-refractivity contribution < 1.29 is 13.0 Å². The molecule has 0 amide bonds. The average molecular weight is 228 g/mol. The quantitative estimate of drug-likeness (QED) is 0.806. The maximum Gasteiger partial charge on any atom is 0.269 e. The van der Waals surface area contributed by atoms with Gasteiger partial charge in [0.25, 0.3) is 10.1 Å². The van der Waals surface area contributed by atoms with Crippen LogP contribution in [-0.2, 0) is 15.9 Å². The fourth-order valence-electron chi connectivity index (χ4n) is 1.39. The lowest BCUT2D eigenvalue weighted by Gasteiger charge is -2.09. The summed E-state index contributed by atoms with van der Waals surface area (Å²) in [7, 11) is -3.92. The molecule has 1 rings (SSSR count). The Labute approximate surface area is 90.9 Å². The molecule has 1 atom stereocenters. The highest BCUT2D eigenvalue weighted by atomic mass is 32.2. The zero-order valence-corrected chi connectivity index (χ0v) is 9.79. The van der Waals surface area contributed by atoms with Crippen LogP contribution in [0.15, 0.2) is 24.3 Å². The van der Waals surface area contributed by atoms with E-state index in [-0.39, 0.29) is 5.75 Å². The fraction of sp³-hybridized carbons (Fsp3) is 0.455. The molecule has 0 aliphatic rings. The molecule has 0 fully saturated rings. The molecule has 1 unspecified atom stereocenters. The highest BCUT2D eigenvalue weighted by molar-refractivity contribution is 7.85. The third kappa shape index (κ3) is 4.01. The monoisotopic (exact) mass is 228 g/mol. The van der Waals surface area contributed by atoms with E-state index in [1.165, 1.54) is 5.56 Å². The Morgan fingerprint density at radius 1 is 1.27 bits per heavy atom. The predicted octanol–water partition coefficient (Wildman–Crippen LogP) is 2.59. The summed E-state index contributed by atoms with van der Waals surface area (Å²) in [4.78, 5) is 0. The average Bonchev–Trinajstić information content (AvgIpc) is 2.15. The Morgan fingerprint density at radius 3 is 2.20 bits per heavy atom. The molecule has 0 aliphatic heterocycles. The summed E-state index contributed by atoms with van der Waals surface area (Å²) in [6.07, 6.45) is 1.05. The van der Waals surface area contributed by atoms with Crippen LogP contribution >= 0.6 is 0 Å². The number of hydrogen-bond acceptors (Lipinski definition) is 2. The van der Waals surface area contributed by atoms with Gasteiger partial charge in [-0.1, -0.05) is 38.1 Å². The van der Waals surface area contributed by atoms with Gasteiger partial charge in [0.1, 0.15) is 5.75 Å². The Bertz CT molecular complexity index is 406. The van der Waals surface area contributed by atoms with Crippen molar-refractivity contribution >= 4 is 10.1 Å². The molecule has 1 aromatic carbocycles. The minimum Gasteiger partial charge on any atom is -0.285 e. The summed E-state index contributed by atoms with van der Waals surface area (Å²) in [6, 6.07) is 7.31. The van der Waals surface area contributed by atoms with Gasteiger partial charge in [-0.25, -0.2) is 0 Å². The molecule has 0 saturated heterocycles. The van der Waals surface area contributed by atoms with E-state index in [2.05, 4.69) is 13.8 Å². The van der Waals surface area contributed by atoms with Crippen molar-refractivity contribution in [3.63, 3.8) is 0 Å². The summed E-state index contributed by atoms with van der Waals surface area (Å²) in [5, 5.41) is 0. The third-order valence-corrected chi connectivity index (χ3v) is 3.21. The topological polar surface area (TPSA) is 54.4 Å². The summed E-state index contributed by atoms with van der Waals surface area (Å²) >= 11 is 0. The minimum atomic E-state index is -3.92. The lowest BCUT2D eigenvalue weighted by Crippen LogP contribution is -2.01. The maximum absolute atomic E-state index is 10.6. The van der Waals surface area contributed by atoms with Crippen LogP contribution in [0.25, 0.3) is 0 Å². The molecular weight excluding hydrogens is 212 g/mol. The van der Waals surface area contributed by atoms with Crippen LogP contribution in [0.1, 0.15) is 37.3 Å². The van der Waals surface area contributed by atoms with Crippen LogP contribution < -0.4 is 0 Å². The van der Waals surface area contributed by atoms with Gasteiger partial charge in [-0.05, 0) is 23.5 Å². The van der Waals surface area contributed by atoms with Crippen LogP contribution in [0.5, 0.6) is 0 Å². The van der Waals surface area contributed by atoms with E-state index in [9.17, 15) is 8.42 Å². The molecule has 0 heterocycles. The van der Waals surface area contributed by atoms with Crippen molar-refractivity contribution in [2.24, 2.45) is 0 Å². The molecule has 0 radical (unpaired) electrons. The standard InChI is InChI=1S/C11H16O3S/c1-3-9(2)11-6-4-10(5-7-11)8-15(12,13)14/h4-7,9H,3,8H2,1-2H3,(H,12,13,14). The first kappa shape index (κ1) is 12.2. The van der Waals surface area contributed by atoms with Gasteiger partial charge in [-0.3, -0.25) is 4.55 Å². The summed E-state index contributed by atoms with van der Waals surface area (Å²) in [5.41, 5.74) is 1.81. The first-order chi connectivity index (χ1) is 6.92. The second-order valence-electron chi connectivity index (χ2n) is 3.78. The van der Waals surface area contributed by atoms with E-state index >= 15 is 0 Å². The van der Waals surface area contributed by atoms with E-state index in [1.54, 1.807) is 12.1 Å². The van der Waals surface area contributed by atoms with E-state index in [4.69, 9.17) is 4.55 Å². The molecule has 3 nitrogen and oxygen atoms in total. The maximum atomic E-state index is 10.6. The molecule has 84 valence electrons. The van der Waals surface area contributed by atoms with Gasteiger partial charge in [0.15, 0.2) is 0 Å². The summed E-state index contributed by atoms with van der Waals surface area (Å²) in [6.45, 7) is 4.23. The van der Waals surface area contributed by atoms with Gasteiger partial charge in [0.05, 0.1) is 0 Å². The SMILES string of the molecule is CCC(C)c1ccc(CS(=O)(=O)O)cc1. The van der Waals surface area contributed by atoms with Gasteiger partial charge < -0.3 is 0 Å². The number of hydrogen-bond donors (Lipinski definition) is 1. The lowest BCUT2D eigenvalue weighted by atomic mass is 9.98. The minimum absolute atomic E-state index is 0.312. The highest BCUT2D eigenvalue weighted by Crippen LogP contribution is 2.19. The molecule has 4 heteroatoms. The van der Waals surface area contributed by atoms with Gasteiger partial charge in [0, 0.05) is 0 Å². The second kappa shape index (κ2) is 4.77. The van der Waals surface area contributed by atoms with Crippen molar-refractivity contribution in [2.75, 3.05) is 0 Å². The highest BCUT2D eigenvalue weighted by Gasteiger charge is 2.07. The molecule has 1 N–H and O–H groups in total. The van der Waals surface area contributed by atoms with Gasteiger partial charge in [0.2, 0.25) is 0 Å². The van der Waals surface area contributed by atoms with Gasteiger partial charge in [-0.15, -0.1) is 0 Å². The lowest BCUT2D eigenvalue weighted by molar-refractivity contribution is 0.482. The largest absolute Gasteiger partial charge is 0.285 e. The number of rotatable bonds is 4. The fourth-order valence-corrected chi connectivity index (χ4v) is 2.00. The zero-order chi connectivity index (χ0) is 11.5. The zero-order valence-electron chi connectivity index (χ0n) is 8.97. The van der Waals surface area contributed by atoms with Gasteiger partial charge >= 0.3 is 0 Å². The van der Waals surface area contributed by atoms with Crippen LogP contribution in [0.4, 0.5) is 0 Å². The van der Waals surface area contributed by atoms with E-state index < -0.39 is 10.1 Å². The molecule has 0 aromatic heterocycles. The van der Waals surface area contributed by atoms with Crippen molar-refractivity contribution in [1.82, 2.24) is 0 Å². The molecule has 0 bridgehead atoms. The Morgan fingerprint density at radius 2 is 1.80 bits per heavy atom. The van der Waals surface area contributed by atoms with E-state index in [0.717, 1.165) is 6.42 Å². The molecular formula is C11H16O3S. The van der Waals surface area contributed by atoms with E-state index in [0.29, 0.717) is 11.5 Å². The first-order valence-corrected chi connectivity index (χ1v) is 6.57. The van der Waals surface area contributed by atoms with Gasteiger partial charge in [-0.2, -0.15) is 8.42 Å². The molecule has 15 heavy (non-hydrogen) atoms. The predicted molar refractivity (Wildman–Crippen MR) is 60.4 cm³/mol. The van der Waals surface area contributed by atoms with Crippen molar-refractivity contribution in [3.8, 4) is 0 Å². The van der Waals surface area contributed by atoms with Crippen molar-refractivity contribution in [2.45, 2.75) is 31.9 Å². The third-order valence-electron chi connectivity index (χ3n) is 2.51. The Hall–Kier alpha value is -0.870. The first-order valence-electron chi connectivity index (χ1n) is 4.96. The molecule has 1 aromatic rings. The van der Waals surface area contributed by atoms with Crippen LogP contribution in [-0.4, -0.2) is 13.0 Å². The van der Waals surface area contributed by atoms with Crippen LogP contribution in [0.2, 0.25) is 0 Å². The molecule has 0 spiro atoms. The van der Waals surface area contributed by atoms with Crippen LogP contribution in [0, 0.1) is 0 Å². The summed E-state index contributed by atoms with van der Waals surface area (Å²) in [5.74, 6) is 0.165.